The van der Waals surface area contributed by atoms with E-state index in [0.717, 1.165) is 19.4 Å². The van der Waals surface area contributed by atoms with Gasteiger partial charge in [-0.05, 0) is 44.9 Å². The Labute approximate surface area is 121 Å². The van der Waals surface area contributed by atoms with Gasteiger partial charge in [-0.3, -0.25) is 0 Å². The molecular weight excluding hydrogens is 314 g/mol. The molecule has 2 nitrogen and oxygen atoms in total. The van der Waals surface area contributed by atoms with Crippen LogP contribution in [0.2, 0.25) is 0 Å². The maximum absolute atomic E-state index is 13.7. The Hall–Kier alpha value is -0.680. The van der Waals surface area contributed by atoms with Gasteiger partial charge in [0, 0.05) is 16.6 Å². The fraction of sp³-hybridized carbons (Fsp3) is 0.571. The Balaban J connectivity index is 1.96. The van der Waals surface area contributed by atoms with Crippen LogP contribution in [-0.4, -0.2) is 18.6 Å². The first kappa shape index (κ1) is 14.7. The largest absolute Gasteiger partial charge is 0.378 e. The van der Waals surface area contributed by atoms with E-state index in [9.17, 15) is 8.78 Å². The smallest absolute Gasteiger partial charge is 0.150 e. The molecule has 1 heterocycles. The van der Waals surface area contributed by atoms with E-state index in [1.54, 1.807) is 0 Å². The van der Waals surface area contributed by atoms with Gasteiger partial charge >= 0.3 is 0 Å². The fourth-order valence-corrected chi connectivity index (χ4v) is 2.94. The molecule has 0 aliphatic carbocycles. The SMILES string of the molecule is CC(CC1CCCCN1)Nc1c(F)cc(Br)cc1F. The van der Waals surface area contributed by atoms with E-state index < -0.39 is 11.6 Å². The first-order valence-electron chi connectivity index (χ1n) is 6.70. The van der Waals surface area contributed by atoms with Gasteiger partial charge in [-0.15, -0.1) is 0 Å². The topological polar surface area (TPSA) is 24.1 Å². The van der Waals surface area contributed by atoms with Crippen LogP contribution < -0.4 is 10.6 Å². The first-order chi connectivity index (χ1) is 9.06. The minimum absolute atomic E-state index is 0.0285. The molecule has 0 bridgehead atoms. The number of anilines is 1. The molecule has 2 rings (SSSR count). The van der Waals surface area contributed by atoms with E-state index in [0.29, 0.717) is 10.5 Å². The summed E-state index contributed by atoms with van der Waals surface area (Å²) in [5.74, 6) is -1.12. The van der Waals surface area contributed by atoms with Gasteiger partial charge in [0.15, 0.2) is 0 Å². The van der Waals surface area contributed by atoms with E-state index >= 15 is 0 Å². The molecule has 5 heteroatoms. The lowest BCUT2D eigenvalue weighted by Crippen LogP contribution is -2.37. The predicted octanol–water partition coefficient (Wildman–Crippen LogP) is 4.06. The van der Waals surface area contributed by atoms with Gasteiger partial charge in [-0.25, -0.2) is 8.78 Å². The van der Waals surface area contributed by atoms with Gasteiger partial charge in [-0.1, -0.05) is 22.4 Å². The number of hydrogen-bond donors (Lipinski definition) is 2. The van der Waals surface area contributed by atoms with Crippen LogP contribution in [0.4, 0.5) is 14.5 Å². The van der Waals surface area contributed by atoms with Crippen molar-refractivity contribution in [1.82, 2.24) is 5.32 Å². The average molecular weight is 333 g/mol. The third-order valence-electron chi connectivity index (χ3n) is 3.45. The molecule has 0 spiro atoms. The van der Waals surface area contributed by atoms with Crippen LogP contribution in [0.15, 0.2) is 16.6 Å². The molecule has 1 saturated heterocycles. The molecule has 106 valence electrons. The fourth-order valence-electron chi connectivity index (χ4n) is 2.54. The molecule has 1 fully saturated rings. The average Bonchev–Trinajstić information content (AvgIpc) is 2.35. The Kier molecular flexibility index (Phi) is 5.16. The number of piperidine rings is 1. The summed E-state index contributed by atoms with van der Waals surface area (Å²) in [6, 6.07) is 3.02. The summed E-state index contributed by atoms with van der Waals surface area (Å²) < 4.78 is 27.8. The molecular formula is C14H19BrF2N2. The highest BCUT2D eigenvalue weighted by Gasteiger charge is 2.18. The number of benzene rings is 1. The molecule has 0 amide bonds. The summed E-state index contributed by atoms with van der Waals surface area (Å²) in [4.78, 5) is 0. The molecule has 19 heavy (non-hydrogen) atoms. The van der Waals surface area contributed by atoms with Crippen molar-refractivity contribution in [3.05, 3.63) is 28.2 Å². The van der Waals surface area contributed by atoms with Crippen molar-refractivity contribution in [2.75, 3.05) is 11.9 Å². The van der Waals surface area contributed by atoms with Gasteiger partial charge in [0.25, 0.3) is 0 Å². The van der Waals surface area contributed by atoms with Crippen molar-refractivity contribution in [2.45, 2.75) is 44.7 Å². The van der Waals surface area contributed by atoms with Gasteiger partial charge in [-0.2, -0.15) is 0 Å². The molecule has 1 aliphatic heterocycles. The highest BCUT2D eigenvalue weighted by atomic mass is 79.9. The lowest BCUT2D eigenvalue weighted by molar-refractivity contribution is 0.370. The van der Waals surface area contributed by atoms with Crippen LogP contribution in [-0.2, 0) is 0 Å². The van der Waals surface area contributed by atoms with Crippen molar-refractivity contribution in [1.29, 1.82) is 0 Å². The summed E-state index contributed by atoms with van der Waals surface area (Å²) in [5, 5.41) is 6.38. The minimum Gasteiger partial charge on any atom is -0.378 e. The third kappa shape index (κ3) is 4.14. The second kappa shape index (κ2) is 6.66. The number of rotatable bonds is 4. The van der Waals surface area contributed by atoms with E-state index in [1.807, 2.05) is 6.92 Å². The van der Waals surface area contributed by atoms with Crippen molar-refractivity contribution in [2.24, 2.45) is 0 Å². The van der Waals surface area contributed by atoms with Crippen molar-refractivity contribution >= 4 is 21.6 Å². The van der Waals surface area contributed by atoms with Crippen LogP contribution in [0, 0.1) is 11.6 Å². The Bertz CT molecular complexity index is 410. The summed E-state index contributed by atoms with van der Waals surface area (Å²) in [6.45, 7) is 3.00. The van der Waals surface area contributed by atoms with Gasteiger partial charge < -0.3 is 10.6 Å². The number of nitrogens with one attached hydrogen (secondary N) is 2. The maximum Gasteiger partial charge on any atom is 0.150 e. The molecule has 0 aromatic heterocycles. The van der Waals surface area contributed by atoms with Gasteiger partial charge in [0.05, 0.1) is 0 Å². The highest BCUT2D eigenvalue weighted by Crippen LogP contribution is 2.25. The minimum atomic E-state index is -0.560. The van der Waals surface area contributed by atoms with Crippen LogP contribution in [0.3, 0.4) is 0 Å². The third-order valence-corrected chi connectivity index (χ3v) is 3.91. The van der Waals surface area contributed by atoms with Crippen LogP contribution >= 0.6 is 15.9 Å². The molecule has 2 atom stereocenters. The molecule has 1 aromatic rings. The second-order valence-corrected chi connectivity index (χ2v) is 6.09. The lowest BCUT2D eigenvalue weighted by Gasteiger charge is -2.27. The molecule has 0 radical (unpaired) electrons. The van der Waals surface area contributed by atoms with Crippen molar-refractivity contribution in [3.8, 4) is 0 Å². The number of hydrogen-bond acceptors (Lipinski definition) is 2. The summed E-state index contributed by atoms with van der Waals surface area (Å²) in [6.07, 6.45) is 4.45. The van der Waals surface area contributed by atoms with Crippen LogP contribution in [0.5, 0.6) is 0 Å². The van der Waals surface area contributed by atoms with E-state index in [4.69, 9.17) is 0 Å². The molecule has 2 N–H and O–H groups in total. The van der Waals surface area contributed by atoms with E-state index in [-0.39, 0.29) is 11.7 Å². The zero-order chi connectivity index (χ0) is 13.8. The lowest BCUT2D eigenvalue weighted by atomic mass is 9.98. The second-order valence-electron chi connectivity index (χ2n) is 5.17. The summed E-state index contributed by atoms with van der Waals surface area (Å²) in [7, 11) is 0. The van der Waals surface area contributed by atoms with Gasteiger partial charge in [0.1, 0.15) is 17.3 Å². The normalized spacial score (nSPS) is 21.2. The predicted molar refractivity (Wildman–Crippen MR) is 77.4 cm³/mol. The van der Waals surface area contributed by atoms with E-state index in [2.05, 4.69) is 26.6 Å². The summed E-state index contributed by atoms with van der Waals surface area (Å²) >= 11 is 3.08. The zero-order valence-corrected chi connectivity index (χ0v) is 12.6. The van der Waals surface area contributed by atoms with Gasteiger partial charge in [0.2, 0.25) is 0 Å². The Morgan fingerprint density at radius 2 is 2.05 bits per heavy atom. The van der Waals surface area contributed by atoms with Crippen molar-refractivity contribution < 1.29 is 8.78 Å². The van der Waals surface area contributed by atoms with Crippen LogP contribution in [0.1, 0.15) is 32.6 Å². The van der Waals surface area contributed by atoms with Crippen molar-refractivity contribution in [3.63, 3.8) is 0 Å². The van der Waals surface area contributed by atoms with E-state index in [1.165, 1.54) is 25.0 Å². The summed E-state index contributed by atoms with van der Waals surface area (Å²) in [5.41, 5.74) is -0.0356. The Morgan fingerprint density at radius 1 is 1.37 bits per heavy atom. The monoisotopic (exact) mass is 332 g/mol. The molecule has 1 aromatic carbocycles. The number of halogens is 3. The highest BCUT2D eigenvalue weighted by molar-refractivity contribution is 9.10. The van der Waals surface area contributed by atoms with Crippen LogP contribution in [0.25, 0.3) is 0 Å². The molecule has 0 saturated carbocycles. The molecule has 1 aliphatic rings. The standard InChI is InChI=1S/C14H19BrF2N2/c1-9(6-11-4-2-3-5-18-11)19-14-12(16)7-10(15)8-13(14)17/h7-9,11,18-19H,2-6H2,1H3. The maximum atomic E-state index is 13.7. The first-order valence-corrected chi connectivity index (χ1v) is 7.50. The quantitative estimate of drug-likeness (QED) is 0.868. The Morgan fingerprint density at radius 3 is 2.63 bits per heavy atom. The zero-order valence-electron chi connectivity index (χ0n) is 11.0. The molecule has 2 unspecified atom stereocenters.